The van der Waals surface area contributed by atoms with Crippen molar-refractivity contribution in [3.63, 3.8) is 0 Å². The van der Waals surface area contributed by atoms with E-state index in [2.05, 4.69) is 10.6 Å². The van der Waals surface area contributed by atoms with Crippen molar-refractivity contribution >= 4 is 40.7 Å². The number of ether oxygens (including phenoxy) is 2. The van der Waals surface area contributed by atoms with Gasteiger partial charge in [0, 0.05) is 42.0 Å². The Morgan fingerprint density at radius 1 is 1.03 bits per heavy atom. The van der Waals surface area contributed by atoms with E-state index in [1.54, 1.807) is 72.7 Å². The summed E-state index contributed by atoms with van der Waals surface area (Å²) in [6.07, 6.45) is 0.148. The zero-order chi connectivity index (χ0) is 25.5. The fraction of sp³-hybridized carbons (Fsp3) is 0.222. The van der Waals surface area contributed by atoms with E-state index in [-0.39, 0.29) is 30.7 Å². The number of hydrogen-bond donors (Lipinski definition) is 2. The van der Waals surface area contributed by atoms with Crippen molar-refractivity contribution in [2.75, 3.05) is 30.5 Å². The maximum atomic E-state index is 12.6. The van der Waals surface area contributed by atoms with Crippen LogP contribution in [0.3, 0.4) is 0 Å². The van der Waals surface area contributed by atoms with Crippen LogP contribution in [0.1, 0.15) is 12.0 Å². The topological polar surface area (TPSA) is 97.0 Å². The van der Waals surface area contributed by atoms with Gasteiger partial charge >= 0.3 is 0 Å². The van der Waals surface area contributed by atoms with E-state index in [9.17, 15) is 14.4 Å². The van der Waals surface area contributed by atoms with Crippen LogP contribution in [0, 0.1) is 5.92 Å². The largest absolute Gasteiger partial charge is 0.497 e. The summed E-state index contributed by atoms with van der Waals surface area (Å²) >= 11 is 5.89. The maximum Gasteiger partial charge on any atom is 0.262 e. The lowest BCUT2D eigenvalue weighted by Crippen LogP contribution is -2.32. The molecule has 2 N–H and O–H groups in total. The first kappa shape index (κ1) is 25.1. The summed E-state index contributed by atoms with van der Waals surface area (Å²) in [7, 11) is 1.56. The van der Waals surface area contributed by atoms with Gasteiger partial charge in [-0.25, -0.2) is 0 Å². The molecule has 186 valence electrons. The Labute approximate surface area is 214 Å². The summed E-state index contributed by atoms with van der Waals surface area (Å²) in [6.45, 7) is 0.502. The van der Waals surface area contributed by atoms with Crippen LogP contribution in [0.25, 0.3) is 0 Å². The van der Waals surface area contributed by atoms with Crippen molar-refractivity contribution in [1.82, 2.24) is 5.32 Å². The molecule has 3 amide bonds. The van der Waals surface area contributed by atoms with Gasteiger partial charge in [-0.15, -0.1) is 0 Å². The van der Waals surface area contributed by atoms with Gasteiger partial charge in [0.05, 0.1) is 13.0 Å². The first-order valence-corrected chi connectivity index (χ1v) is 11.8. The fourth-order valence-electron chi connectivity index (χ4n) is 3.84. The summed E-state index contributed by atoms with van der Waals surface area (Å²) in [5, 5.41) is 6.27. The lowest BCUT2D eigenvalue weighted by Gasteiger charge is -2.17. The summed E-state index contributed by atoms with van der Waals surface area (Å²) in [6, 6.07) is 21.1. The van der Waals surface area contributed by atoms with Crippen molar-refractivity contribution in [3.05, 3.63) is 83.4 Å². The number of halogens is 1. The Morgan fingerprint density at radius 2 is 1.78 bits per heavy atom. The van der Waals surface area contributed by atoms with Crippen LogP contribution in [0.15, 0.2) is 72.8 Å². The molecule has 1 atom stereocenters. The Morgan fingerprint density at radius 3 is 2.50 bits per heavy atom. The number of rotatable bonds is 9. The molecule has 0 spiro atoms. The predicted octanol–water partition coefficient (Wildman–Crippen LogP) is 4.04. The highest BCUT2D eigenvalue weighted by atomic mass is 35.5. The summed E-state index contributed by atoms with van der Waals surface area (Å²) < 4.78 is 10.7. The second-order valence-corrected chi connectivity index (χ2v) is 8.75. The molecule has 1 saturated heterocycles. The molecule has 0 aliphatic carbocycles. The number of hydrogen-bond acceptors (Lipinski definition) is 5. The van der Waals surface area contributed by atoms with Crippen LogP contribution in [-0.4, -0.2) is 38.0 Å². The van der Waals surface area contributed by atoms with Crippen molar-refractivity contribution in [1.29, 1.82) is 0 Å². The number of anilines is 2. The van der Waals surface area contributed by atoms with Crippen LogP contribution in [-0.2, 0) is 20.9 Å². The van der Waals surface area contributed by atoms with E-state index in [0.717, 1.165) is 5.56 Å². The van der Waals surface area contributed by atoms with Crippen LogP contribution in [0.4, 0.5) is 11.4 Å². The average Bonchev–Trinajstić information content (AvgIpc) is 3.29. The molecular formula is C27H26ClN3O5. The van der Waals surface area contributed by atoms with E-state index in [1.807, 2.05) is 12.1 Å². The summed E-state index contributed by atoms with van der Waals surface area (Å²) in [4.78, 5) is 38.9. The SMILES string of the molecule is COc1cccc(NC(=O)COc2ccc(N3C[C@H](C(=O)NCc4ccc(Cl)cc4)CC3=O)cc2)c1. The zero-order valence-electron chi connectivity index (χ0n) is 19.7. The second kappa shape index (κ2) is 11.6. The number of methoxy groups -OCH3 is 1. The van der Waals surface area contributed by atoms with Crippen molar-refractivity contribution < 1.29 is 23.9 Å². The number of amides is 3. The highest BCUT2D eigenvalue weighted by molar-refractivity contribution is 6.30. The van der Waals surface area contributed by atoms with Crippen LogP contribution >= 0.6 is 11.6 Å². The minimum atomic E-state index is -0.430. The number of carbonyl (C=O) groups excluding carboxylic acids is 3. The quantitative estimate of drug-likeness (QED) is 0.455. The molecule has 0 saturated carbocycles. The molecule has 0 unspecified atom stereocenters. The van der Waals surface area contributed by atoms with Gasteiger partial charge in [0.25, 0.3) is 5.91 Å². The normalized spacial score (nSPS) is 14.9. The molecule has 0 aromatic heterocycles. The number of carbonyl (C=O) groups is 3. The van der Waals surface area contributed by atoms with E-state index < -0.39 is 5.92 Å². The predicted molar refractivity (Wildman–Crippen MR) is 137 cm³/mol. The number of benzene rings is 3. The zero-order valence-corrected chi connectivity index (χ0v) is 20.5. The molecule has 0 bridgehead atoms. The molecule has 1 aliphatic heterocycles. The molecule has 0 radical (unpaired) electrons. The molecule has 9 heteroatoms. The van der Waals surface area contributed by atoms with Crippen LogP contribution in [0.2, 0.25) is 5.02 Å². The Hall–Kier alpha value is -4.04. The first-order valence-electron chi connectivity index (χ1n) is 11.4. The van der Waals surface area contributed by atoms with Gasteiger partial charge in [-0.05, 0) is 54.1 Å². The van der Waals surface area contributed by atoms with Crippen LogP contribution in [0.5, 0.6) is 11.5 Å². The van der Waals surface area contributed by atoms with Gasteiger partial charge < -0.3 is 25.0 Å². The van der Waals surface area contributed by atoms with Crippen LogP contribution < -0.4 is 25.0 Å². The van der Waals surface area contributed by atoms with Gasteiger partial charge in [-0.1, -0.05) is 29.8 Å². The molecule has 3 aromatic rings. The third-order valence-electron chi connectivity index (χ3n) is 5.75. The Balaban J connectivity index is 1.26. The van der Waals surface area contributed by atoms with E-state index in [1.165, 1.54) is 0 Å². The van der Waals surface area contributed by atoms with Crippen molar-refractivity contribution in [3.8, 4) is 11.5 Å². The Bertz CT molecular complexity index is 1230. The summed E-state index contributed by atoms with van der Waals surface area (Å²) in [5.74, 6) is 0.108. The van der Waals surface area contributed by atoms with Crippen molar-refractivity contribution in [2.24, 2.45) is 5.92 Å². The number of nitrogens with zero attached hydrogens (tertiary/aromatic N) is 1. The minimum absolute atomic E-state index is 0.118. The van der Waals surface area contributed by atoms with Gasteiger partial charge in [0.15, 0.2) is 6.61 Å². The molecule has 8 nitrogen and oxygen atoms in total. The van der Waals surface area contributed by atoms with Crippen molar-refractivity contribution in [2.45, 2.75) is 13.0 Å². The lowest BCUT2D eigenvalue weighted by atomic mass is 10.1. The molecular weight excluding hydrogens is 482 g/mol. The minimum Gasteiger partial charge on any atom is -0.497 e. The highest BCUT2D eigenvalue weighted by Gasteiger charge is 2.35. The van der Waals surface area contributed by atoms with E-state index in [0.29, 0.717) is 41.0 Å². The first-order chi connectivity index (χ1) is 17.4. The third kappa shape index (κ3) is 6.55. The molecule has 4 rings (SSSR count). The van der Waals surface area contributed by atoms with E-state index in [4.69, 9.17) is 21.1 Å². The molecule has 36 heavy (non-hydrogen) atoms. The maximum absolute atomic E-state index is 12.6. The van der Waals surface area contributed by atoms with E-state index >= 15 is 0 Å². The average molecular weight is 508 g/mol. The molecule has 3 aromatic carbocycles. The van der Waals surface area contributed by atoms with Gasteiger partial charge in [-0.3, -0.25) is 14.4 Å². The monoisotopic (exact) mass is 507 g/mol. The van der Waals surface area contributed by atoms with Gasteiger partial charge in [0.2, 0.25) is 11.8 Å². The number of nitrogens with one attached hydrogen (secondary N) is 2. The Kier molecular flexibility index (Phi) is 8.07. The van der Waals surface area contributed by atoms with Gasteiger partial charge in [-0.2, -0.15) is 0 Å². The molecule has 1 heterocycles. The fourth-order valence-corrected chi connectivity index (χ4v) is 3.96. The lowest BCUT2D eigenvalue weighted by molar-refractivity contribution is -0.126. The highest BCUT2D eigenvalue weighted by Crippen LogP contribution is 2.27. The smallest absolute Gasteiger partial charge is 0.262 e. The third-order valence-corrected chi connectivity index (χ3v) is 6.00. The van der Waals surface area contributed by atoms with Gasteiger partial charge in [0.1, 0.15) is 11.5 Å². The standard InChI is InChI=1S/C27H26ClN3O5/c1-35-24-4-2-3-21(14-24)30-25(32)17-36-23-11-9-22(10-12-23)31-16-19(13-26(31)33)27(34)29-15-18-5-7-20(28)8-6-18/h2-12,14,19H,13,15-17H2,1H3,(H,29,34)(H,30,32)/t19-/m1/s1. The second-order valence-electron chi connectivity index (χ2n) is 8.31. The molecule has 1 fully saturated rings. The molecule has 1 aliphatic rings. The summed E-state index contributed by atoms with van der Waals surface area (Å²) in [5.41, 5.74) is 2.21.